The van der Waals surface area contributed by atoms with Crippen molar-refractivity contribution < 1.29 is 23.6 Å². The van der Waals surface area contributed by atoms with E-state index in [1.54, 1.807) is 72.8 Å². The van der Waals surface area contributed by atoms with Crippen LogP contribution in [0.2, 0.25) is 0 Å². The second-order valence-corrected chi connectivity index (χ2v) is 38.9. The van der Waals surface area contributed by atoms with Gasteiger partial charge in [0.05, 0.1) is 0 Å². The van der Waals surface area contributed by atoms with E-state index in [1.807, 2.05) is 48.5 Å². The number of hydrogen-bond acceptors (Lipinski definition) is 5. The van der Waals surface area contributed by atoms with E-state index in [0.29, 0.717) is 21.3 Å². The first kappa shape index (κ1) is 22.2. The topological polar surface area (TPSA) is 90.2 Å². The van der Waals surface area contributed by atoms with Gasteiger partial charge in [0.25, 0.3) is 0 Å². The van der Waals surface area contributed by atoms with Crippen molar-refractivity contribution in [2.24, 2.45) is 0 Å². The smallest absolute Gasteiger partial charge is 0.369 e. The minimum absolute atomic E-state index is 0.414. The quantitative estimate of drug-likeness (QED) is 0.295. The van der Waals surface area contributed by atoms with E-state index in [4.69, 9.17) is 4.43 Å². The molecule has 0 unspecified atom stereocenters. The number of benzene rings is 4. The van der Waals surface area contributed by atoms with Crippen LogP contribution in [0.15, 0.2) is 121 Å². The van der Waals surface area contributed by atoms with Crippen molar-refractivity contribution in [3.63, 3.8) is 0 Å². The summed E-state index contributed by atoms with van der Waals surface area (Å²) in [7, 11) is -16.7. The standard InChI is InChI=1S/C24H24O5Si4/c25-32(26)30(22-15-7-2-8-16-22,23-17-9-3-10-18-23)33(27,28)31(32,24-19-11-4-12-20-24)29-21-13-5-1-6-14-21/h1-20,25-28H. The van der Waals surface area contributed by atoms with Gasteiger partial charge < -0.3 is 23.6 Å². The van der Waals surface area contributed by atoms with Gasteiger partial charge in [0.1, 0.15) is 5.75 Å². The van der Waals surface area contributed by atoms with Gasteiger partial charge in [0.15, 0.2) is 0 Å². The summed E-state index contributed by atoms with van der Waals surface area (Å²) < 4.78 is 6.45. The second kappa shape index (κ2) is 8.01. The molecule has 166 valence electrons. The predicted molar refractivity (Wildman–Crippen MR) is 137 cm³/mol. The third kappa shape index (κ3) is 2.82. The van der Waals surface area contributed by atoms with Crippen molar-refractivity contribution in [3.8, 4) is 5.75 Å². The molecule has 1 saturated heterocycles. The molecule has 0 spiro atoms. The van der Waals surface area contributed by atoms with Crippen LogP contribution >= 0.6 is 0 Å². The number of para-hydroxylation sites is 1. The van der Waals surface area contributed by atoms with Crippen molar-refractivity contribution in [2.75, 3.05) is 0 Å². The Morgan fingerprint density at radius 1 is 0.424 bits per heavy atom. The number of hydrogen-bond donors (Lipinski definition) is 4. The normalized spacial score (nSPS) is 19.3. The average molecular weight is 505 g/mol. The molecule has 5 rings (SSSR count). The van der Waals surface area contributed by atoms with Gasteiger partial charge in [-0.2, -0.15) is 0 Å². The molecule has 33 heavy (non-hydrogen) atoms. The molecular formula is C24H24O5Si4. The fraction of sp³-hybridized carbons (Fsp3) is 0. The second-order valence-electron chi connectivity index (χ2n) is 8.29. The zero-order valence-corrected chi connectivity index (χ0v) is 21.7. The molecule has 0 atom stereocenters. The Morgan fingerprint density at radius 3 is 1.15 bits per heavy atom. The van der Waals surface area contributed by atoms with E-state index in [0.717, 1.165) is 0 Å². The highest BCUT2D eigenvalue weighted by Crippen LogP contribution is 2.45. The van der Waals surface area contributed by atoms with Crippen molar-refractivity contribution in [1.82, 2.24) is 0 Å². The molecule has 5 nitrogen and oxygen atoms in total. The third-order valence-electron chi connectivity index (χ3n) is 6.64. The Kier molecular flexibility index (Phi) is 5.38. The summed E-state index contributed by atoms with van der Waals surface area (Å²) in [6, 6.07) is 35.8. The summed E-state index contributed by atoms with van der Waals surface area (Å²) >= 11 is 0. The number of rotatable bonds is 5. The maximum atomic E-state index is 12.3. The minimum atomic E-state index is -4.43. The summed E-state index contributed by atoms with van der Waals surface area (Å²) in [6.45, 7) is 0. The summed E-state index contributed by atoms with van der Waals surface area (Å²) in [4.78, 5) is 49.2. The molecular weight excluding hydrogens is 481 g/mol. The van der Waals surface area contributed by atoms with E-state index in [9.17, 15) is 19.2 Å². The monoisotopic (exact) mass is 504 g/mol. The van der Waals surface area contributed by atoms with Crippen LogP contribution in [0.25, 0.3) is 0 Å². The Balaban J connectivity index is 1.83. The molecule has 0 radical (unpaired) electrons. The molecule has 1 aliphatic heterocycles. The first-order valence-electron chi connectivity index (χ1n) is 10.7. The molecule has 0 saturated carbocycles. The van der Waals surface area contributed by atoms with Crippen LogP contribution in [0.4, 0.5) is 0 Å². The lowest BCUT2D eigenvalue weighted by Gasteiger charge is -2.64. The Labute approximate surface area is 195 Å². The van der Waals surface area contributed by atoms with E-state index in [2.05, 4.69) is 0 Å². The zero-order valence-electron chi connectivity index (χ0n) is 17.7. The molecule has 9 heteroatoms. The van der Waals surface area contributed by atoms with Gasteiger partial charge in [0, 0.05) is 0 Å². The summed E-state index contributed by atoms with van der Waals surface area (Å²) in [6.07, 6.45) is 0. The first-order chi connectivity index (χ1) is 15.9. The maximum absolute atomic E-state index is 12.3. The molecule has 0 aliphatic carbocycles. The maximum Gasteiger partial charge on any atom is 0.369 e. The molecule has 4 aromatic rings. The molecule has 1 aliphatic rings. The molecule has 1 fully saturated rings. The fourth-order valence-corrected chi connectivity index (χ4v) is 84.5. The van der Waals surface area contributed by atoms with Crippen LogP contribution < -0.4 is 20.0 Å². The van der Waals surface area contributed by atoms with Crippen LogP contribution in [0.1, 0.15) is 0 Å². The summed E-state index contributed by atoms with van der Waals surface area (Å²) in [5.74, 6) is 0.414. The largest absolute Gasteiger partial charge is 0.534 e. The van der Waals surface area contributed by atoms with Gasteiger partial charge in [-0.25, -0.2) is 0 Å². The van der Waals surface area contributed by atoms with Crippen LogP contribution in [-0.2, 0) is 0 Å². The van der Waals surface area contributed by atoms with Crippen molar-refractivity contribution >= 4 is 45.2 Å². The summed E-state index contributed by atoms with van der Waals surface area (Å²) in [5, 5.41) is 1.76. The fourth-order valence-electron chi connectivity index (χ4n) is 5.24. The molecule has 4 aromatic carbocycles. The van der Waals surface area contributed by atoms with Crippen LogP contribution in [-0.4, -0.2) is 48.8 Å². The van der Waals surface area contributed by atoms with Crippen LogP contribution in [0.3, 0.4) is 0 Å². The molecule has 0 amide bonds. The Morgan fingerprint density at radius 2 is 0.758 bits per heavy atom. The minimum Gasteiger partial charge on any atom is -0.534 e. The van der Waals surface area contributed by atoms with Crippen molar-refractivity contribution in [3.05, 3.63) is 121 Å². The van der Waals surface area contributed by atoms with Gasteiger partial charge in [-0.05, 0) is 17.3 Å². The lowest BCUT2D eigenvalue weighted by atomic mass is 10.3. The van der Waals surface area contributed by atoms with E-state index >= 15 is 0 Å². The third-order valence-corrected chi connectivity index (χ3v) is 67.4. The van der Waals surface area contributed by atoms with E-state index < -0.39 is 29.7 Å². The van der Waals surface area contributed by atoms with Gasteiger partial charge in [-0.15, -0.1) is 0 Å². The van der Waals surface area contributed by atoms with Crippen molar-refractivity contribution in [1.29, 1.82) is 0 Å². The van der Waals surface area contributed by atoms with Gasteiger partial charge >= 0.3 is 22.5 Å². The highest BCUT2D eigenvalue weighted by Gasteiger charge is 3.01. The highest BCUT2D eigenvalue weighted by atomic mass is 30.2. The highest BCUT2D eigenvalue weighted by molar-refractivity contribution is 8.13. The average Bonchev–Trinajstić information content (AvgIpc) is 2.85. The Hall–Kier alpha value is -2.61. The lowest BCUT2D eigenvalue weighted by Crippen LogP contribution is -3.17. The Bertz CT molecular complexity index is 1180. The van der Waals surface area contributed by atoms with E-state index in [-0.39, 0.29) is 0 Å². The SMILES string of the molecule is O[Si]1(O)[Si](Oc2ccccc2)(c2ccccc2)[Si](O)(O)[Si]1(c1ccccc1)c1ccccc1. The molecule has 0 bridgehead atoms. The zero-order chi connectivity index (χ0) is 23.2. The summed E-state index contributed by atoms with van der Waals surface area (Å²) in [5.41, 5.74) is 0. The van der Waals surface area contributed by atoms with Gasteiger partial charge in [-0.1, -0.05) is 120 Å². The van der Waals surface area contributed by atoms with Gasteiger partial charge in [-0.3, -0.25) is 0 Å². The molecule has 0 aromatic heterocycles. The van der Waals surface area contributed by atoms with Gasteiger partial charge in [0.2, 0.25) is 7.11 Å². The van der Waals surface area contributed by atoms with Crippen molar-refractivity contribution in [2.45, 2.75) is 0 Å². The van der Waals surface area contributed by atoms with E-state index in [1.165, 1.54) is 0 Å². The lowest BCUT2D eigenvalue weighted by molar-refractivity contribution is 0.362. The predicted octanol–water partition coefficient (Wildman–Crippen LogP) is 0.362. The molecule has 4 N–H and O–H groups in total. The molecule has 1 heterocycles. The van der Waals surface area contributed by atoms with Crippen LogP contribution in [0, 0.1) is 0 Å². The van der Waals surface area contributed by atoms with Crippen LogP contribution in [0.5, 0.6) is 5.75 Å². The first-order valence-corrected chi connectivity index (χ1v) is 22.4.